The maximum Gasteiger partial charge on any atom is 0.266 e. The van der Waals surface area contributed by atoms with Crippen molar-refractivity contribution < 1.29 is 9.53 Å². The molecule has 2 aromatic carbocycles. The van der Waals surface area contributed by atoms with E-state index in [0.717, 1.165) is 12.0 Å². The summed E-state index contributed by atoms with van der Waals surface area (Å²) in [5, 5.41) is 23.9. The monoisotopic (exact) mass is 332 g/mol. The van der Waals surface area contributed by atoms with Gasteiger partial charge in [0.05, 0.1) is 22.9 Å². The van der Waals surface area contributed by atoms with E-state index < -0.39 is 6.10 Å². The topological polar surface area (TPSA) is 97.9 Å². The van der Waals surface area contributed by atoms with Gasteiger partial charge in [-0.3, -0.25) is 4.79 Å². The van der Waals surface area contributed by atoms with Crippen molar-refractivity contribution in [1.29, 1.82) is 10.5 Å². The molecule has 0 saturated carbocycles. The third-order valence-electron chi connectivity index (χ3n) is 3.95. The van der Waals surface area contributed by atoms with Gasteiger partial charge >= 0.3 is 0 Å². The molecule has 1 unspecified atom stereocenters. The van der Waals surface area contributed by atoms with E-state index in [-0.39, 0.29) is 5.91 Å². The number of carbonyl (C=O) groups excluding carboxylic acids is 1. The summed E-state index contributed by atoms with van der Waals surface area (Å²) >= 11 is 0. The minimum Gasteiger partial charge on any atom is -0.476 e. The molecule has 25 heavy (non-hydrogen) atoms. The first kappa shape index (κ1) is 16.5. The number of nitriles is 2. The highest BCUT2D eigenvalue weighted by Gasteiger charge is 2.28. The lowest BCUT2D eigenvalue weighted by Gasteiger charge is -2.26. The Morgan fingerprint density at radius 3 is 2.64 bits per heavy atom. The number of rotatable bonds is 5. The Morgan fingerprint density at radius 2 is 1.92 bits per heavy atom. The predicted octanol–water partition coefficient (Wildman–Crippen LogP) is 1.96. The highest BCUT2D eigenvalue weighted by Crippen LogP contribution is 2.32. The fraction of sp³-hybridized carbons (Fsp3) is 0.211. The molecule has 0 aromatic heterocycles. The van der Waals surface area contributed by atoms with Gasteiger partial charge in [0.2, 0.25) is 0 Å². The zero-order valence-electron chi connectivity index (χ0n) is 13.5. The molecule has 1 atom stereocenters. The van der Waals surface area contributed by atoms with Gasteiger partial charge in [-0.05, 0) is 42.8 Å². The van der Waals surface area contributed by atoms with Crippen molar-refractivity contribution in [2.24, 2.45) is 0 Å². The minimum absolute atomic E-state index is 0.228. The summed E-state index contributed by atoms with van der Waals surface area (Å²) in [6, 6.07) is 16.6. The normalized spacial score (nSPS) is 15.3. The van der Waals surface area contributed by atoms with Crippen LogP contribution in [0.1, 0.15) is 16.7 Å². The number of hydrogen-bond donors (Lipinski definition) is 2. The molecule has 3 rings (SSSR count). The SMILES string of the molecule is N#Cc1ccc(CCNCC2Oc3c(C#N)cccc3NC2=O)cc1. The Hall–Kier alpha value is -3.35. The lowest BCUT2D eigenvalue weighted by Crippen LogP contribution is -2.44. The number of fused-ring (bicyclic) bond motifs is 1. The second-order valence-corrected chi connectivity index (χ2v) is 5.65. The molecular formula is C19H16N4O2. The maximum absolute atomic E-state index is 12.1. The molecule has 1 heterocycles. The molecule has 1 aliphatic rings. The second kappa shape index (κ2) is 7.48. The van der Waals surface area contributed by atoms with Crippen molar-refractivity contribution >= 4 is 11.6 Å². The summed E-state index contributed by atoms with van der Waals surface area (Å²) in [4.78, 5) is 12.1. The van der Waals surface area contributed by atoms with Crippen molar-refractivity contribution in [3.05, 3.63) is 59.2 Å². The van der Waals surface area contributed by atoms with Crippen LogP contribution in [0.25, 0.3) is 0 Å². The number of anilines is 1. The summed E-state index contributed by atoms with van der Waals surface area (Å²) in [5.41, 5.74) is 2.67. The first-order chi connectivity index (χ1) is 12.2. The van der Waals surface area contributed by atoms with Crippen LogP contribution >= 0.6 is 0 Å². The van der Waals surface area contributed by atoms with Crippen molar-refractivity contribution in [2.75, 3.05) is 18.4 Å². The fourth-order valence-corrected chi connectivity index (χ4v) is 2.61. The van der Waals surface area contributed by atoms with E-state index in [1.807, 2.05) is 12.1 Å². The summed E-state index contributed by atoms with van der Waals surface area (Å²) in [7, 11) is 0. The van der Waals surface area contributed by atoms with Gasteiger partial charge in [0.25, 0.3) is 5.91 Å². The first-order valence-corrected chi connectivity index (χ1v) is 7.91. The van der Waals surface area contributed by atoms with Gasteiger partial charge in [-0.2, -0.15) is 10.5 Å². The van der Waals surface area contributed by atoms with Gasteiger partial charge in [-0.25, -0.2) is 0 Å². The Balaban J connectivity index is 1.54. The predicted molar refractivity (Wildman–Crippen MR) is 91.9 cm³/mol. The molecule has 6 nitrogen and oxygen atoms in total. The number of nitrogens with zero attached hydrogens (tertiary/aromatic N) is 2. The second-order valence-electron chi connectivity index (χ2n) is 5.65. The van der Waals surface area contributed by atoms with Crippen LogP contribution in [-0.2, 0) is 11.2 Å². The Bertz CT molecular complexity index is 862. The molecule has 0 bridgehead atoms. The Morgan fingerprint density at radius 1 is 1.12 bits per heavy atom. The van der Waals surface area contributed by atoms with Crippen molar-refractivity contribution in [1.82, 2.24) is 5.32 Å². The van der Waals surface area contributed by atoms with E-state index in [0.29, 0.717) is 35.7 Å². The van der Waals surface area contributed by atoms with Gasteiger partial charge < -0.3 is 15.4 Å². The van der Waals surface area contributed by atoms with Crippen LogP contribution in [0.5, 0.6) is 5.75 Å². The van der Waals surface area contributed by atoms with Crippen LogP contribution < -0.4 is 15.4 Å². The first-order valence-electron chi connectivity index (χ1n) is 7.91. The molecule has 2 aromatic rings. The fourth-order valence-electron chi connectivity index (χ4n) is 2.61. The van der Waals surface area contributed by atoms with E-state index in [4.69, 9.17) is 15.3 Å². The summed E-state index contributed by atoms with van der Waals surface area (Å²) in [6.45, 7) is 1.02. The van der Waals surface area contributed by atoms with Gasteiger partial charge in [0.15, 0.2) is 11.9 Å². The highest BCUT2D eigenvalue weighted by atomic mass is 16.5. The van der Waals surface area contributed by atoms with Gasteiger partial charge in [0, 0.05) is 6.54 Å². The van der Waals surface area contributed by atoms with E-state index >= 15 is 0 Å². The van der Waals surface area contributed by atoms with Crippen LogP contribution in [0.15, 0.2) is 42.5 Å². The van der Waals surface area contributed by atoms with Crippen LogP contribution in [0.2, 0.25) is 0 Å². The number of ether oxygens (including phenoxy) is 1. The molecule has 0 saturated heterocycles. The minimum atomic E-state index is -0.678. The van der Waals surface area contributed by atoms with Crippen LogP contribution in [0.3, 0.4) is 0 Å². The van der Waals surface area contributed by atoms with E-state index in [9.17, 15) is 4.79 Å². The Labute approximate surface area is 145 Å². The van der Waals surface area contributed by atoms with Crippen LogP contribution in [-0.4, -0.2) is 25.1 Å². The largest absolute Gasteiger partial charge is 0.476 e. The number of amides is 1. The van der Waals surface area contributed by atoms with Crippen molar-refractivity contribution in [3.8, 4) is 17.9 Å². The van der Waals surface area contributed by atoms with Crippen LogP contribution in [0.4, 0.5) is 5.69 Å². The third-order valence-corrected chi connectivity index (χ3v) is 3.95. The van der Waals surface area contributed by atoms with Gasteiger partial charge in [-0.1, -0.05) is 18.2 Å². The van der Waals surface area contributed by atoms with Gasteiger partial charge in [-0.15, -0.1) is 0 Å². The van der Waals surface area contributed by atoms with Crippen molar-refractivity contribution in [2.45, 2.75) is 12.5 Å². The summed E-state index contributed by atoms with van der Waals surface area (Å²) in [5.74, 6) is 0.192. The molecule has 1 aliphatic heterocycles. The molecule has 0 aliphatic carbocycles. The molecule has 1 amide bonds. The number of hydrogen-bond acceptors (Lipinski definition) is 5. The maximum atomic E-state index is 12.1. The summed E-state index contributed by atoms with van der Waals surface area (Å²) in [6.07, 6.45) is 0.100. The lowest BCUT2D eigenvalue weighted by molar-refractivity contribution is -0.123. The lowest BCUT2D eigenvalue weighted by atomic mass is 10.1. The van der Waals surface area contributed by atoms with E-state index in [2.05, 4.69) is 22.8 Å². The molecule has 0 radical (unpaired) electrons. The number of nitrogens with one attached hydrogen (secondary N) is 2. The average molecular weight is 332 g/mol. The number of para-hydroxylation sites is 1. The van der Waals surface area contributed by atoms with E-state index in [1.165, 1.54) is 0 Å². The average Bonchev–Trinajstić information content (AvgIpc) is 2.65. The zero-order valence-corrected chi connectivity index (χ0v) is 13.5. The number of benzene rings is 2. The van der Waals surface area contributed by atoms with E-state index in [1.54, 1.807) is 30.3 Å². The summed E-state index contributed by atoms with van der Waals surface area (Å²) < 4.78 is 5.72. The Kier molecular flexibility index (Phi) is 4.94. The quantitative estimate of drug-likeness (QED) is 0.816. The highest BCUT2D eigenvalue weighted by molar-refractivity contribution is 5.98. The molecule has 0 spiro atoms. The molecule has 124 valence electrons. The third kappa shape index (κ3) is 3.77. The molecular weight excluding hydrogens is 316 g/mol. The van der Waals surface area contributed by atoms with Crippen molar-refractivity contribution in [3.63, 3.8) is 0 Å². The zero-order chi connectivity index (χ0) is 17.6. The molecule has 6 heteroatoms. The van der Waals surface area contributed by atoms with Gasteiger partial charge in [0.1, 0.15) is 6.07 Å². The van der Waals surface area contributed by atoms with Crippen LogP contribution in [0, 0.1) is 22.7 Å². The smallest absolute Gasteiger partial charge is 0.266 e. The standard InChI is InChI=1S/C19H16N4O2/c20-10-14-6-4-13(5-7-14)8-9-22-12-17-19(24)23-16-3-1-2-15(11-21)18(16)25-17/h1-7,17,22H,8-9,12H2,(H,23,24). The number of carbonyl (C=O) groups is 1. The molecule has 2 N–H and O–H groups in total. The molecule has 0 fully saturated rings.